The van der Waals surface area contributed by atoms with Crippen LogP contribution in [0.25, 0.3) is 0 Å². The molecule has 0 aliphatic carbocycles. The molecule has 1 N–H and O–H groups in total. The van der Waals surface area contributed by atoms with Gasteiger partial charge >= 0.3 is 0 Å². The number of nitrogens with one attached hydrogen (secondary N) is 1. The Kier molecular flexibility index (Phi) is 7.11. The van der Waals surface area contributed by atoms with Crippen LogP contribution in [0.3, 0.4) is 0 Å². The minimum absolute atomic E-state index is 0.0794. The number of amides is 1. The second-order valence-corrected chi connectivity index (χ2v) is 4.25. The molecule has 100 valence electrons. The van der Waals surface area contributed by atoms with Gasteiger partial charge in [0.05, 0.1) is 6.42 Å². The summed E-state index contributed by atoms with van der Waals surface area (Å²) in [5.74, 6) is 0.0794. The first kappa shape index (κ1) is 14.7. The average Bonchev–Trinajstić information content (AvgIpc) is 2.39. The Morgan fingerprint density at radius 1 is 1.17 bits per heavy atom. The van der Waals surface area contributed by atoms with Gasteiger partial charge in [-0.05, 0) is 30.9 Å². The zero-order chi connectivity index (χ0) is 13.2. The molecule has 0 atom stereocenters. The molecule has 0 aromatic heterocycles. The summed E-state index contributed by atoms with van der Waals surface area (Å²) >= 11 is 0. The monoisotopic (exact) mass is 249 g/mol. The molecule has 3 nitrogen and oxygen atoms in total. The minimum atomic E-state index is 0.0794. The average molecular weight is 249 g/mol. The van der Waals surface area contributed by atoms with E-state index in [2.05, 4.69) is 24.4 Å². The molecule has 0 saturated carbocycles. The lowest BCUT2D eigenvalue weighted by molar-refractivity contribution is -0.120. The molecule has 18 heavy (non-hydrogen) atoms. The fourth-order valence-electron chi connectivity index (χ4n) is 1.69. The quantitative estimate of drug-likeness (QED) is 0.718. The van der Waals surface area contributed by atoms with Crippen molar-refractivity contribution in [2.45, 2.75) is 33.1 Å². The van der Waals surface area contributed by atoms with Gasteiger partial charge in [0, 0.05) is 19.8 Å². The van der Waals surface area contributed by atoms with Crippen molar-refractivity contribution in [3.63, 3.8) is 0 Å². The number of hydrogen-bond donors (Lipinski definition) is 1. The lowest BCUT2D eigenvalue weighted by Crippen LogP contribution is -2.26. The molecular formula is C15H23NO2. The van der Waals surface area contributed by atoms with Crippen molar-refractivity contribution in [2.75, 3.05) is 19.8 Å². The highest BCUT2D eigenvalue weighted by Crippen LogP contribution is 2.05. The minimum Gasteiger partial charge on any atom is -0.382 e. The molecule has 1 aromatic carbocycles. The first-order chi connectivity index (χ1) is 8.76. The molecule has 0 bridgehead atoms. The summed E-state index contributed by atoms with van der Waals surface area (Å²) < 4.78 is 5.21. The number of ether oxygens (including phenoxy) is 1. The third-order valence-corrected chi connectivity index (χ3v) is 2.79. The van der Waals surface area contributed by atoms with Crippen molar-refractivity contribution in [3.05, 3.63) is 35.4 Å². The topological polar surface area (TPSA) is 38.3 Å². The standard InChI is InChI=1S/C15H23NO2/c1-3-13-6-8-14(9-7-13)12-15(17)16-10-5-11-18-4-2/h6-9H,3-5,10-12H2,1-2H3,(H,16,17). The van der Waals surface area contributed by atoms with Gasteiger partial charge in [-0.15, -0.1) is 0 Å². The van der Waals surface area contributed by atoms with Gasteiger partial charge in [-0.2, -0.15) is 0 Å². The van der Waals surface area contributed by atoms with E-state index in [1.54, 1.807) is 0 Å². The normalized spacial score (nSPS) is 10.3. The van der Waals surface area contributed by atoms with Crippen molar-refractivity contribution in [1.82, 2.24) is 5.32 Å². The van der Waals surface area contributed by atoms with Gasteiger partial charge in [0.2, 0.25) is 5.91 Å². The van der Waals surface area contributed by atoms with Crippen molar-refractivity contribution in [3.8, 4) is 0 Å². The molecule has 3 heteroatoms. The van der Waals surface area contributed by atoms with Crippen LogP contribution in [0.1, 0.15) is 31.4 Å². The van der Waals surface area contributed by atoms with E-state index < -0.39 is 0 Å². The Balaban J connectivity index is 2.22. The van der Waals surface area contributed by atoms with Crippen LogP contribution in [0.15, 0.2) is 24.3 Å². The molecule has 0 radical (unpaired) electrons. The van der Waals surface area contributed by atoms with Crippen LogP contribution in [-0.4, -0.2) is 25.7 Å². The van der Waals surface area contributed by atoms with Gasteiger partial charge < -0.3 is 10.1 Å². The molecule has 1 amide bonds. The fraction of sp³-hybridized carbons (Fsp3) is 0.533. The molecule has 0 spiro atoms. The van der Waals surface area contributed by atoms with E-state index in [9.17, 15) is 4.79 Å². The number of aryl methyl sites for hydroxylation is 1. The molecular weight excluding hydrogens is 226 g/mol. The Hall–Kier alpha value is -1.35. The van der Waals surface area contributed by atoms with Crippen molar-refractivity contribution in [2.24, 2.45) is 0 Å². The Labute approximate surface area is 110 Å². The Morgan fingerprint density at radius 3 is 2.44 bits per heavy atom. The maximum Gasteiger partial charge on any atom is 0.224 e. The number of carbonyl (C=O) groups excluding carboxylic acids is 1. The fourth-order valence-corrected chi connectivity index (χ4v) is 1.69. The summed E-state index contributed by atoms with van der Waals surface area (Å²) in [5, 5.41) is 2.90. The van der Waals surface area contributed by atoms with E-state index in [-0.39, 0.29) is 5.91 Å². The molecule has 1 rings (SSSR count). The second-order valence-electron chi connectivity index (χ2n) is 4.25. The summed E-state index contributed by atoms with van der Waals surface area (Å²) in [6.45, 7) is 6.23. The van der Waals surface area contributed by atoms with Crippen LogP contribution in [0, 0.1) is 0 Å². The van der Waals surface area contributed by atoms with E-state index >= 15 is 0 Å². The largest absolute Gasteiger partial charge is 0.382 e. The van der Waals surface area contributed by atoms with Gasteiger partial charge in [-0.3, -0.25) is 4.79 Å². The van der Waals surface area contributed by atoms with E-state index in [0.29, 0.717) is 19.6 Å². The molecule has 0 aliphatic rings. The number of carbonyl (C=O) groups is 1. The summed E-state index contributed by atoms with van der Waals surface area (Å²) in [6.07, 6.45) is 2.36. The Morgan fingerprint density at radius 2 is 1.83 bits per heavy atom. The van der Waals surface area contributed by atoms with Gasteiger partial charge in [0.1, 0.15) is 0 Å². The lowest BCUT2D eigenvalue weighted by Gasteiger charge is -2.06. The predicted molar refractivity (Wildman–Crippen MR) is 73.6 cm³/mol. The maximum absolute atomic E-state index is 11.6. The lowest BCUT2D eigenvalue weighted by atomic mass is 10.1. The molecule has 1 aromatic rings. The molecule has 0 aliphatic heterocycles. The summed E-state index contributed by atoms with van der Waals surface area (Å²) in [4.78, 5) is 11.6. The van der Waals surface area contributed by atoms with E-state index in [4.69, 9.17) is 4.74 Å². The maximum atomic E-state index is 11.6. The molecule has 0 heterocycles. The number of hydrogen-bond acceptors (Lipinski definition) is 2. The zero-order valence-corrected chi connectivity index (χ0v) is 11.4. The van der Waals surface area contributed by atoms with Crippen molar-refractivity contribution in [1.29, 1.82) is 0 Å². The van der Waals surface area contributed by atoms with Crippen molar-refractivity contribution < 1.29 is 9.53 Å². The van der Waals surface area contributed by atoms with Crippen LogP contribution >= 0.6 is 0 Å². The third kappa shape index (κ3) is 5.82. The predicted octanol–water partition coefficient (Wildman–Crippen LogP) is 2.33. The summed E-state index contributed by atoms with van der Waals surface area (Å²) in [5.41, 5.74) is 2.37. The SMILES string of the molecule is CCOCCCNC(=O)Cc1ccc(CC)cc1. The van der Waals surface area contributed by atoms with Gasteiger partial charge in [0.25, 0.3) is 0 Å². The Bertz CT molecular complexity index is 346. The van der Waals surface area contributed by atoms with Crippen LogP contribution in [-0.2, 0) is 22.4 Å². The van der Waals surface area contributed by atoms with Crippen LogP contribution in [0.5, 0.6) is 0 Å². The highest BCUT2D eigenvalue weighted by molar-refractivity contribution is 5.78. The van der Waals surface area contributed by atoms with Gasteiger partial charge in [-0.25, -0.2) is 0 Å². The first-order valence-electron chi connectivity index (χ1n) is 6.68. The number of benzene rings is 1. The van der Waals surface area contributed by atoms with Crippen LogP contribution in [0.2, 0.25) is 0 Å². The smallest absolute Gasteiger partial charge is 0.224 e. The number of rotatable bonds is 8. The van der Waals surface area contributed by atoms with Gasteiger partial charge in [0.15, 0.2) is 0 Å². The first-order valence-corrected chi connectivity index (χ1v) is 6.68. The molecule has 0 unspecified atom stereocenters. The summed E-state index contributed by atoms with van der Waals surface area (Å²) in [6, 6.07) is 8.21. The van der Waals surface area contributed by atoms with Crippen LogP contribution in [0.4, 0.5) is 0 Å². The second kappa shape index (κ2) is 8.70. The van der Waals surface area contributed by atoms with Crippen LogP contribution < -0.4 is 5.32 Å². The highest BCUT2D eigenvalue weighted by Gasteiger charge is 2.02. The van der Waals surface area contributed by atoms with Gasteiger partial charge in [-0.1, -0.05) is 31.2 Å². The molecule has 0 saturated heterocycles. The van der Waals surface area contributed by atoms with Crippen molar-refractivity contribution >= 4 is 5.91 Å². The third-order valence-electron chi connectivity index (χ3n) is 2.79. The molecule has 0 fully saturated rings. The van der Waals surface area contributed by atoms with E-state index in [1.165, 1.54) is 5.56 Å². The van der Waals surface area contributed by atoms with E-state index in [1.807, 2.05) is 19.1 Å². The highest BCUT2D eigenvalue weighted by atomic mass is 16.5. The zero-order valence-electron chi connectivity index (χ0n) is 11.4. The summed E-state index contributed by atoms with van der Waals surface area (Å²) in [7, 11) is 0. The van der Waals surface area contributed by atoms with E-state index in [0.717, 1.165) is 25.0 Å².